The minimum atomic E-state index is -5.62. The molecule has 0 amide bonds. The van der Waals surface area contributed by atoms with Gasteiger partial charge < -0.3 is 9.64 Å². The van der Waals surface area contributed by atoms with Crippen molar-refractivity contribution in [2.24, 2.45) is 0 Å². The fraction of sp³-hybridized carbons (Fsp3) is 0.111. The molecule has 0 N–H and O–H groups in total. The molecule has 178 valence electrons. The number of para-hydroxylation sites is 3. The zero-order valence-corrected chi connectivity index (χ0v) is 18.3. The number of halogens is 6. The largest absolute Gasteiger partial charge is 0.458 e. The number of hydrogen-bond acceptors (Lipinski definition) is 2. The predicted octanol–water partition coefficient (Wildman–Crippen LogP) is 5.92. The third-order valence-corrected chi connectivity index (χ3v) is 7.21. The molecule has 4 aromatic rings. The molecule has 0 saturated carbocycles. The second-order valence-corrected chi connectivity index (χ2v) is 9.09. The summed E-state index contributed by atoms with van der Waals surface area (Å²) in [6, 6.07) is 23.3. The van der Waals surface area contributed by atoms with Crippen molar-refractivity contribution < 1.29 is 31.1 Å². The Labute approximate surface area is 201 Å². The van der Waals surface area contributed by atoms with E-state index in [0.29, 0.717) is 22.3 Å². The van der Waals surface area contributed by atoms with Gasteiger partial charge in [0, 0.05) is 22.6 Å². The van der Waals surface area contributed by atoms with E-state index >= 15 is 17.6 Å². The molecule has 0 bridgehead atoms. The van der Waals surface area contributed by atoms with E-state index in [9.17, 15) is 8.78 Å². The van der Waals surface area contributed by atoms with Gasteiger partial charge in [0.15, 0.2) is 0 Å². The van der Waals surface area contributed by atoms with E-state index in [4.69, 9.17) is 4.74 Å². The van der Waals surface area contributed by atoms with Gasteiger partial charge in [0.2, 0.25) is 0 Å². The standard InChI is InChI=1S/C27H14BF6NO/c29-25(30)16-14-20-23-24(22(16)26(31,32)27(25,33)34)36-21-13-7-5-11-18(21)28(23)17-10-4-6-12-19(17)35(20)15-8-2-1-3-9-15/h1-14H. The smallest absolute Gasteiger partial charge is 0.380 e. The van der Waals surface area contributed by atoms with Crippen LogP contribution in [0.2, 0.25) is 0 Å². The highest BCUT2D eigenvalue weighted by Gasteiger charge is 2.80. The minimum absolute atomic E-state index is 0.0985. The summed E-state index contributed by atoms with van der Waals surface area (Å²) in [4.78, 5) is 1.63. The molecule has 0 atom stereocenters. The van der Waals surface area contributed by atoms with Crippen LogP contribution >= 0.6 is 0 Å². The van der Waals surface area contributed by atoms with Crippen LogP contribution in [0.15, 0.2) is 84.9 Å². The van der Waals surface area contributed by atoms with Crippen molar-refractivity contribution >= 4 is 40.2 Å². The normalized spacial score (nSPS) is 19.1. The number of rotatable bonds is 1. The fourth-order valence-corrected chi connectivity index (χ4v) is 5.63. The highest BCUT2D eigenvalue weighted by Crippen LogP contribution is 2.66. The molecule has 4 aromatic carbocycles. The van der Waals surface area contributed by atoms with Gasteiger partial charge in [-0.2, -0.15) is 26.3 Å². The molecule has 0 radical (unpaired) electrons. The first-order chi connectivity index (χ1) is 17.2. The number of benzene rings is 4. The number of fused-ring (bicyclic) bond motifs is 6. The van der Waals surface area contributed by atoms with Crippen LogP contribution in [0, 0.1) is 0 Å². The van der Waals surface area contributed by atoms with E-state index in [1.807, 2.05) is 6.07 Å². The first-order valence-corrected chi connectivity index (χ1v) is 11.2. The number of nitrogens with zero attached hydrogens (tertiary/aromatic N) is 1. The van der Waals surface area contributed by atoms with E-state index in [1.54, 1.807) is 71.6 Å². The Morgan fingerprint density at radius 2 is 1.31 bits per heavy atom. The van der Waals surface area contributed by atoms with Crippen molar-refractivity contribution in [3.05, 3.63) is 96.1 Å². The number of alkyl halides is 6. The summed E-state index contributed by atoms with van der Waals surface area (Å²) in [5.41, 5.74) is -0.0953. The Morgan fingerprint density at radius 1 is 0.667 bits per heavy atom. The third-order valence-electron chi connectivity index (χ3n) is 7.21. The average Bonchev–Trinajstić information content (AvgIpc) is 2.98. The van der Waals surface area contributed by atoms with Crippen molar-refractivity contribution in [1.29, 1.82) is 0 Å². The van der Waals surface area contributed by atoms with Crippen LogP contribution in [0.1, 0.15) is 11.1 Å². The van der Waals surface area contributed by atoms with Gasteiger partial charge in [-0.05, 0) is 46.7 Å². The average molecular weight is 493 g/mol. The van der Waals surface area contributed by atoms with E-state index in [0.717, 1.165) is 6.07 Å². The van der Waals surface area contributed by atoms with Crippen LogP contribution in [0.5, 0.6) is 11.5 Å². The van der Waals surface area contributed by atoms with Gasteiger partial charge in [-0.1, -0.05) is 54.6 Å². The molecule has 0 saturated heterocycles. The molecule has 2 nitrogen and oxygen atoms in total. The summed E-state index contributed by atoms with van der Waals surface area (Å²) < 4.78 is 95.4. The summed E-state index contributed by atoms with van der Waals surface area (Å²) in [5.74, 6) is -16.3. The second-order valence-electron chi connectivity index (χ2n) is 9.09. The molecular formula is C27H14BF6NO. The van der Waals surface area contributed by atoms with Crippen molar-refractivity contribution in [3.8, 4) is 11.5 Å². The third kappa shape index (κ3) is 2.36. The summed E-state index contributed by atoms with van der Waals surface area (Å²) in [6.07, 6.45) is 0. The molecule has 7 rings (SSSR count). The van der Waals surface area contributed by atoms with Crippen LogP contribution < -0.4 is 26.0 Å². The number of ether oxygens (including phenoxy) is 1. The maximum absolute atomic E-state index is 15.1. The lowest BCUT2D eigenvalue weighted by Crippen LogP contribution is -2.59. The zero-order chi connectivity index (χ0) is 25.0. The van der Waals surface area contributed by atoms with Gasteiger partial charge >= 0.3 is 17.8 Å². The van der Waals surface area contributed by atoms with Gasteiger partial charge in [0.05, 0.1) is 5.56 Å². The minimum Gasteiger partial charge on any atom is -0.458 e. The summed E-state index contributed by atoms with van der Waals surface area (Å²) in [6.45, 7) is -0.681. The molecule has 3 aliphatic rings. The van der Waals surface area contributed by atoms with E-state index in [2.05, 4.69) is 0 Å². The maximum atomic E-state index is 15.1. The van der Waals surface area contributed by atoms with E-state index < -0.39 is 41.4 Å². The molecule has 2 heterocycles. The lowest BCUT2D eigenvalue weighted by molar-refractivity contribution is -0.302. The first-order valence-electron chi connectivity index (χ1n) is 11.2. The predicted molar refractivity (Wildman–Crippen MR) is 125 cm³/mol. The first kappa shape index (κ1) is 21.4. The molecule has 0 spiro atoms. The fourth-order valence-electron chi connectivity index (χ4n) is 5.63. The van der Waals surface area contributed by atoms with Crippen molar-refractivity contribution in [2.45, 2.75) is 17.8 Å². The molecule has 9 heteroatoms. The Hall–Kier alpha value is -3.88. The Balaban J connectivity index is 1.65. The molecule has 36 heavy (non-hydrogen) atoms. The molecule has 0 aromatic heterocycles. The number of anilines is 3. The van der Waals surface area contributed by atoms with Crippen molar-refractivity contribution in [1.82, 2.24) is 0 Å². The highest BCUT2D eigenvalue weighted by molar-refractivity contribution is 6.99. The van der Waals surface area contributed by atoms with Gasteiger partial charge in [-0.15, -0.1) is 0 Å². The van der Waals surface area contributed by atoms with E-state index in [1.165, 1.54) is 6.07 Å². The molecule has 1 aliphatic carbocycles. The maximum Gasteiger partial charge on any atom is 0.380 e. The molecule has 0 unspecified atom stereocenters. The van der Waals surface area contributed by atoms with E-state index in [-0.39, 0.29) is 16.9 Å². The lowest BCUT2D eigenvalue weighted by atomic mass is 9.34. The molecule has 0 fully saturated rings. The van der Waals surface area contributed by atoms with Gasteiger partial charge in [-0.3, -0.25) is 0 Å². The van der Waals surface area contributed by atoms with Gasteiger partial charge in [-0.25, -0.2) is 0 Å². The zero-order valence-electron chi connectivity index (χ0n) is 18.3. The van der Waals surface area contributed by atoms with Crippen LogP contribution in [0.25, 0.3) is 0 Å². The van der Waals surface area contributed by atoms with Crippen molar-refractivity contribution in [3.63, 3.8) is 0 Å². The highest BCUT2D eigenvalue weighted by atomic mass is 19.3. The topological polar surface area (TPSA) is 12.5 Å². The molecular weight excluding hydrogens is 479 g/mol. The Kier molecular flexibility index (Phi) is 3.96. The van der Waals surface area contributed by atoms with Gasteiger partial charge in [0.1, 0.15) is 11.5 Å². The van der Waals surface area contributed by atoms with Crippen molar-refractivity contribution in [2.75, 3.05) is 4.90 Å². The van der Waals surface area contributed by atoms with Crippen LogP contribution in [0.3, 0.4) is 0 Å². The summed E-state index contributed by atoms with van der Waals surface area (Å²) in [7, 11) is 0. The summed E-state index contributed by atoms with van der Waals surface area (Å²) in [5, 5.41) is 0. The Morgan fingerprint density at radius 3 is 2.06 bits per heavy atom. The number of hydrogen-bond donors (Lipinski definition) is 0. The second kappa shape index (κ2) is 6.66. The lowest BCUT2D eigenvalue weighted by Gasteiger charge is -2.41. The van der Waals surface area contributed by atoms with Crippen LogP contribution in [-0.2, 0) is 11.8 Å². The monoisotopic (exact) mass is 493 g/mol. The summed E-state index contributed by atoms with van der Waals surface area (Å²) >= 11 is 0. The Bertz CT molecular complexity index is 1570. The molecule has 2 aliphatic heterocycles. The quantitative estimate of drug-likeness (QED) is 0.208. The van der Waals surface area contributed by atoms with Crippen LogP contribution in [-0.4, -0.2) is 12.6 Å². The van der Waals surface area contributed by atoms with Crippen LogP contribution in [0.4, 0.5) is 43.4 Å². The SMILES string of the molecule is FC1(F)c2cc3c4c(c2C(F)(F)C1(F)F)Oc1ccccc1B4c1ccccc1N3c1ccccc1. The van der Waals surface area contributed by atoms with Gasteiger partial charge in [0.25, 0.3) is 6.71 Å².